The molecule has 0 saturated carbocycles. The van der Waals surface area contributed by atoms with Gasteiger partial charge < -0.3 is 10.1 Å². The maximum absolute atomic E-state index is 12.4. The molecular weight excluding hydrogens is 266 g/mol. The molecule has 112 valence electrons. The summed E-state index contributed by atoms with van der Waals surface area (Å²) in [7, 11) is -1.38. The summed E-state index contributed by atoms with van der Waals surface area (Å²) in [6.07, 6.45) is 0.936. The molecule has 0 bridgehead atoms. The van der Waals surface area contributed by atoms with Gasteiger partial charge in [0.1, 0.15) is 0 Å². The van der Waals surface area contributed by atoms with Crippen LogP contribution in [0.3, 0.4) is 0 Å². The third-order valence-electron chi connectivity index (χ3n) is 4.05. The zero-order valence-electron chi connectivity index (χ0n) is 11.8. The first-order chi connectivity index (χ1) is 9.05. The highest BCUT2D eigenvalue weighted by molar-refractivity contribution is 7.89. The van der Waals surface area contributed by atoms with E-state index in [1.807, 2.05) is 0 Å². The lowest BCUT2D eigenvalue weighted by molar-refractivity contribution is 0.0196. The Hall–Kier alpha value is -0.210. The fourth-order valence-corrected chi connectivity index (χ4v) is 4.46. The van der Waals surface area contributed by atoms with Crippen molar-refractivity contribution in [2.24, 2.45) is 0 Å². The maximum Gasteiger partial charge on any atom is 0.218 e. The summed E-state index contributed by atoms with van der Waals surface area (Å²) in [5, 5.41) is 2.58. The highest BCUT2D eigenvalue weighted by atomic mass is 32.2. The maximum atomic E-state index is 12.4. The van der Waals surface area contributed by atoms with Crippen molar-refractivity contribution < 1.29 is 13.2 Å². The van der Waals surface area contributed by atoms with Crippen LogP contribution in [-0.4, -0.2) is 81.9 Å². The zero-order chi connectivity index (χ0) is 13.9. The summed E-state index contributed by atoms with van der Waals surface area (Å²) in [4.78, 5) is 2.36. The lowest BCUT2D eigenvalue weighted by Gasteiger charge is -2.32. The van der Waals surface area contributed by atoms with Crippen molar-refractivity contribution in [3.05, 3.63) is 0 Å². The monoisotopic (exact) mass is 291 g/mol. The van der Waals surface area contributed by atoms with Crippen LogP contribution in [0.4, 0.5) is 0 Å². The van der Waals surface area contributed by atoms with Crippen LogP contribution in [0, 0.1) is 0 Å². The first kappa shape index (κ1) is 15.2. The molecule has 2 rings (SSSR count). The average molecular weight is 291 g/mol. The topological polar surface area (TPSA) is 61.9 Å². The quantitative estimate of drug-likeness (QED) is 0.728. The number of rotatable bonds is 5. The molecule has 0 aromatic heterocycles. The standard InChI is InChI=1S/C12H25N3O3S/c1-11(9-13-2)19(16,17)15-4-3-12(10-15)14-5-7-18-8-6-14/h11-13H,3-10H2,1-2H3. The number of ether oxygens (including phenoxy) is 1. The van der Waals surface area contributed by atoms with E-state index in [4.69, 9.17) is 4.74 Å². The number of sulfonamides is 1. The van der Waals surface area contributed by atoms with Crippen LogP contribution in [0.2, 0.25) is 0 Å². The van der Waals surface area contributed by atoms with Gasteiger partial charge in [-0.3, -0.25) is 4.90 Å². The van der Waals surface area contributed by atoms with Gasteiger partial charge >= 0.3 is 0 Å². The highest BCUT2D eigenvalue weighted by Gasteiger charge is 2.37. The molecule has 2 aliphatic rings. The summed E-state index contributed by atoms with van der Waals surface area (Å²) >= 11 is 0. The molecule has 7 heteroatoms. The smallest absolute Gasteiger partial charge is 0.218 e. The zero-order valence-corrected chi connectivity index (χ0v) is 12.7. The molecule has 0 amide bonds. The second-order valence-corrected chi connectivity index (χ2v) is 7.71. The molecule has 0 aromatic carbocycles. The summed E-state index contributed by atoms with van der Waals surface area (Å²) in [5.74, 6) is 0. The van der Waals surface area contributed by atoms with Crippen LogP contribution in [-0.2, 0) is 14.8 Å². The molecule has 0 aromatic rings. The fourth-order valence-electron chi connectivity index (χ4n) is 2.83. The predicted octanol–water partition coefficient (Wildman–Crippen LogP) is -0.669. The van der Waals surface area contributed by atoms with E-state index in [1.54, 1.807) is 18.3 Å². The molecule has 1 N–H and O–H groups in total. The van der Waals surface area contributed by atoms with Crippen LogP contribution < -0.4 is 5.32 Å². The first-order valence-electron chi connectivity index (χ1n) is 7.01. The Morgan fingerprint density at radius 2 is 2.00 bits per heavy atom. The minimum Gasteiger partial charge on any atom is -0.379 e. The fraction of sp³-hybridized carbons (Fsp3) is 1.00. The van der Waals surface area contributed by atoms with Gasteiger partial charge in [0.2, 0.25) is 10.0 Å². The van der Waals surface area contributed by atoms with Gasteiger partial charge in [-0.05, 0) is 20.4 Å². The summed E-state index contributed by atoms with van der Waals surface area (Å²) in [6, 6.07) is 0.362. The van der Waals surface area contributed by atoms with E-state index in [1.165, 1.54) is 0 Å². The van der Waals surface area contributed by atoms with Gasteiger partial charge in [0.05, 0.1) is 18.5 Å². The van der Waals surface area contributed by atoms with E-state index >= 15 is 0 Å². The number of hydrogen-bond acceptors (Lipinski definition) is 5. The van der Waals surface area contributed by atoms with Crippen molar-refractivity contribution in [3.8, 4) is 0 Å². The molecule has 6 nitrogen and oxygen atoms in total. The van der Waals surface area contributed by atoms with E-state index in [0.717, 1.165) is 32.7 Å². The van der Waals surface area contributed by atoms with Crippen LogP contribution in [0.25, 0.3) is 0 Å². The average Bonchev–Trinajstić information content (AvgIpc) is 2.90. The molecule has 2 unspecified atom stereocenters. The third-order valence-corrected chi connectivity index (χ3v) is 6.28. The van der Waals surface area contributed by atoms with Gasteiger partial charge in [0, 0.05) is 38.8 Å². The number of hydrogen-bond donors (Lipinski definition) is 1. The molecule has 2 fully saturated rings. The summed E-state index contributed by atoms with van der Waals surface area (Å²) in [5.41, 5.74) is 0. The Kier molecular flexibility index (Phi) is 5.19. The van der Waals surface area contributed by atoms with Gasteiger partial charge in [-0.25, -0.2) is 12.7 Å². The SMILES string of the molecule is CNCC(C)S(=O)(=O)N1CCC(N2CCOCC2)C1. The van der Waals surface area contributed by atoms with Crippen LogP contribution in [0.1, 0.15) is 13.3 Å². The molecule has 2 heterocycles. The van der Waals surface area contributed by atoms with Crippen molar-refractivity contribution in [2.45, 2.75) is 24.6 Å². The Labute approximate surface area is 116 Å². The number of morpholine rings is 1. The number of nitrogens with zero attached hydrogens (tertiary/aromatic N) is 2. The van der Waals surface area contributed by atoms with Gasteiger partial charge in [0.25, 0.3) is 0 Å². The third kappa shape index (κ3) is 3.46. The summed E-state index contributed by atoms with van der Waals surface area (Å²) < 4.78 is 31.8. The summed E-state index contributed by atoms with van der Waals surface area (Å²) in [6.45, 7) is 6.93. The lowest BCUT2D eigenvalue weighted by Crippen LogP contribution is -2.46. The van der Waals surface area contributed by atoms with E-state index in [2.05, 4.69) is 10.2 Å². The Balaban J connectivity index is 1.93. The Bertz CT molecular complexity index is 382. The van der Waals surface area contributed by atoms with Crippen LogP contribution in [0.15, 0.2) is 0 Å². The van der Waals surface area contributed by atoms with Crippen LogP contribution >= 0.6 is 0 Å². The largest absolute Gasteiger partial charge is 0.379 e. The van der Waals surface area contributed by atoms with Gasteiger partial charge in [-0.15, -0.1) is 0 Å². The van der Waals surface area contributed by atoms with Crippen molar-refractivity contribution in [1.82, 2.24) is 14.5 Å². The molecule has 0 aliphatic carbocycles. The van der Waals surface area contributed by atoms with E-state index in [-0.39, 0.29) is 5.25 Å². The minimum absolute atomic E-state index is 0.360. The molecule has 19 heavy (non-hydrogen) atoms. The van der Waals surface area contributed by atoms with Crippen molar-refractivity contribution in [1.29, 1.82) is 0 Å². The van der Waals surface area contributed by atoms with Gasteiger partial charge in [0.15, 0.2) is 0 Å². The van der Waals surface area contributed by atoms with Gasteiger partial charge in [-0.1, -0.05) is 0 Å². The predicted molar refractivity (Wildman–Crippen MR) is 74.7 cm³/mol. The normalized spacial score (nSPS) is 28.6. The molecule has 2 atom stereocenters. The van der Waals surface area contributed by atoms with E-state index in [0.29, 0.717) is 25.7 Å². The van der Waals surface area contributed by atoms with Gasteiger partial charge in [-0.2, -0.15) is 0 Å². The minimum atomic E-state index is -3.16. The van der Waals surface area contributed by atoms with Crippen molar-refractivity contribution in [3.63, 3.8) is 0 Å². The molecule has 0 radical (unpaired) electrons. The highest BCUT2D eigenvalue weighted by Crippen LogP contribution is 2.21. The Morgan fingerprint density at radius 1 is 1.32 bits per heavy atom. The van der Waals surface area contributed by atoms with Crippen molar-refractivity contribution >= 4 is 10.0 Å². The lowest BCUT2D eigenvalue weighted by atomic mass is 10.2. The second kappa shape index (κ2) is 6.49. The number of nitrogens with one attached hydrogen (secondary N) is 1. The van der Waals surface area contributed by atoms with E-state index < -0.39 is 10.0 Å². The molecule has 0 spiro atoms. The van der Waals surface area contributed by atoms with Crippen molar-refractivity contribution in [2.75, 3.05) is 53.0 Å². The van der Waals surface area contributed by atoms with E-state index in [9.17, 15) is 8.42 Å². The van der Waals surface area contributed by atoms with Crippen LogP contribution in [0.5, 0.6) is 0 Å². The molecule has 2 aliphatic heterocycles. The first-order valence-corrected chi connectivity index (χ1v) is 8.51. The molecule has 2 saturated heterocycles. The molecular formula is C12H25N3O3S. The second-order valence-electron chi connectivity index (χ2n) is 5.36. The Morgan fingerprint density at radius 3 is 2.63 bits per heavy atom.